The smallest absolute Gasteiger partial charge is 0.222 e. The summed E-state index contributed by atoms with van der Waals surface area (Å²) in [6, 6.07) is 2.00. The van der Waals surface area contributed by atoms with Gasteiger partial charge in [0.1, 0.15) is 19.7 Å². The molecule has 0 aliphatic carbocycles. The SMILES string of the molecule is Cc1cc2c(SCCS(C)(=O)=O)nc(N)nc2s1. The van der Waals surface area contributed by atoms with Crippen LogP contribution < -0.4 is 5.73 Å². The summed E-state index contributed by atoms with van der Waals surface area (Å²) in [6.07, 6.45) is 1.23. The second kappa shape index (κ2) is 5.02. The van der Waals surface area contributed by atoms with Gasteiger partial charge in [-0.1, -0.05) is 0 Å². The highest BCUT2D eigenvalue weighted by atomic mass is 32.2. The molecular weight excluding hydrogens is 290 g/mol. The molecule has 0 fully saturated rings. The molecule has 2 aromatic heterocycles. The summed E-state index contributed by atoms with van der Waals surface area (Å²) in [5.41, 5.74) is 5.64. The number of nitrogens with two attached hydrogens (primary N) is 1. The lowest BCUT2D eigenvalue weighted by molar-refractivity contribution is 0.603. The third-order valence-electron chi connectivity index (χ3n) is 2.19. The van der Waals surface area contributed by atoms with E-state index in [0.29, 0.717) is 5.75 Å². The van der Waals surface area contributed by atoms with Gasteiger partial charge < -0.3 is 5.73 Å². The van der Waals surface area contributed by atoms with Gasteiger partial charge in [-0.25, -0.2) is 18.4 Å². The zero-order valence-corrected chi connectivity index (χ0v) is 12.5. The van der Waals surface area contributed by atoms with E-state index in [2.05, 4.69) is 9.97 Å². The zero-order chi connectivity index (χ0) is 13.3. The third-order valence-corrected chi connectivity index (χ3v) is 5.33. The fourth-order valence-electron chi connectivity index (χ4n) is 1.43. The Balaban J connectivity index is 2.26. The minimum absolute atomic E-state index is 0.131. The minimum atomic E-state index is -2.95. The largest absolute Gasteiger partial charge is 0.368 e. The van der Waals surface area contributed by atoms with Gasteiger partial charge in [0.05, 0.1) is 5.75 Å². The van der Waals surface area contributed by atoms with Crippen molar-refractivity contribution in [2.24, 2.45) is 0 Å². The number of fused-ring (bicyclic) bond motifs is 1. The van der Waals surface area contributed by atoms with E-state index < -0.39 is 9.84 Å². The summed E-state index contributed by atoms with van der Waals surface area (Å²) in [5, 5.41) is 1.70. The summed E-state index contributed by atoms with van der Waals surface area (Å²) >= 11 is 2.96. The predicted octanol–water partition coefficient (Wildman–Crippen LogP) is 1.72. The average molecular weight is 303 g/mol. The van der Waals surface area contributed by atoms with E-state index in [0.717, 1.165) is 20.1 Å². The summed E-state index contributed by atoms with van der Waals surface area (Å²) in [5.74, 6) is 0.831. The van der Waals surface area contributed by atoms with Gasteiger partial charge in [-0.05, 0) is 13.0 Å². The Hall–Kier alpha value is -0.860. The van der Waals surface area contributed by atoms with Crippen LogP contribution in [0.25, 0.3) is 10.2 Å². The first-order valence-corrected chi connectivity index (χ1v) is 9.05. The highest BCUT2D eigenvalue weighted by molar-refractivity contribution is 8.00. The van der Waals surface area contributed by atoms with Crippen LogP contribution in [0.5, 0.6) is 0 Å². The van der Waals surface area contributed by atoms with Gasteiger partial charge in [0.15, 0.2) is 0 Å². The molecule has 2 N–H and O–H groups in total. The fraction of sp³-hybridized carbons (Fsp3) is 0.400. The quantitative estimate of drug-likeness (QED) is 0.683. The van der Waals surface area contributed by atoms with E-state index in [9.17, 15) is 8.42 Å². The van der Waals surface area contributed by atoms with Crippen LogP contribution in [0.4, 0.5) is 5.95 Å². The van der Waals surface area contributed by atoms with Crippen LogP contribution in [-0.4, -0.2) is 36.1 Å². The zero-order valence-electron chi connectivity index (χ0n) is 10.0. The number of aromatic nitrogens is 2. The van der Waals surface area contributed by atoms with Gasteiger partial charge in [0.2, 0.25) is 5.95 Å². The molecule has 0 aliphatic heterocycles. The minimum Gasteiger partial charge on any atom is -0.368 e. The molecule has 0 saturated heterocycles. The highest BCUT2D eigenvalue weighted by Gasteiger charge is 2.11. The van der Waals surface area contributed by atoms with Gasteiger partial charge in [-0.3, -0.25) is 0 Å². The van der Waals surface area contributed by atoms with Crippen molar-refractivity contribution >= 4 is 49.1 Å². The molecule has 18 heavy (non-hydrogen) atoms. The van der Waals surface area contributed by atoms with Crippen LogP contribution in [0.3, 0.4) is 0 Å². The Labute approximate surface area is 114 Å². The molecule has 0 atom stereocenters. The topological polar surface area (TPSA) is 85.9 Å². The molecule has 0 radical (unpaired) electrons. The van der Waals surface area contributed by atoms with Crippen molar-refractivity contribution in [2.75, 3.05) is 23.5 Å². The number of thioether (sulfide) groups is 1. The standard InChI is InChI=1S/C10H13N3O2S3/c1-6-5-7-8(16-3-4-18(2,14)15)12-10(11)13-9(7)17-6/h5H,3-4H2,1-2H3,(H2,11,12,13). The summed E-state index contributed by atoms with van der Waals surface area (Å²) < 4.78 is 22.2. The molecule has 5 nitrogen and oxygen atoms in total. The lowest BCUT2D eigenvalue weighted by Gasteiger charge is -2.02. The van der Waals surface area contributed by atoms with Crippen LogP contribution in [0.15, 0.2) is 11.1 Å². The molecule has 8 heteroatoms. The molecule has 2 aromatic rings. The molecular formula is C10H13N3O2S3. The lowest BCUT2D eigenvalue weighted by atomic mass is 10.4. The Morgan fingerprint density at radius 3 is 2.83 bits per heavy atom. The molecule has 2 heterocycles. The summed E-state index contributed by atoms with van der Waals surface area (Å²) in [4.78, 5) is 10.3. The van der Waals surface area contributed by atoms with E-state index in [1.165, 1.54) is 18.0 Å². The molecule has 0 aliphatic rings. The number of nitrogen functional groups attached to an aromatic ring is 1. The Bertz CT molecular complexity index is 679. The van der Waals surface area contributed by atoms with E-state index in [1.54, 1.807) is 11.3 Å². The lowest BCUT2D eigenvalue weighted by Crippen LogP contribution is -2.05. The van der Waals surface area contributed by atoms with Crippen molar-refractivity contribution in [1.82, 2.24) is 9.97 Å². The van der Waals surface area contributed by atoms with Crippen molar-refractivity contribution in [2.45, 2.75) is 11.9 Å². The normalized spacial score (nSPS) is 12.1. The van der Waals surface area contributed by atoms with Crippen molar-refractivity contribution in [3.05, 3.63) is 10.9 Å². The average Bonchev–Trinajstić information content (AvgIpc) is 2.56. The monoisotopic (exact) mass is 303 g/mol. The number of nitrogens with zero attached hydrogens (tertiary/aromatic N) is 2. The predicted molar refractivity (Wildman–Crippen MR) is 77.0 cm³/mol. The molecule has 0 aromatic carbocycles. The van der Waals surface area contributed by atoms with Crippen LogP contribution in [0, 0.1) is 6.92 Å². The Morgan fingerprint density at radius 2 is 2.17 bits per heavy atom. The molecule has 98 valence electrons. The third kappa shape index (κ3) is 3.33. The molecule has 0 spiro atoms. The number of sulfone groups is 1. The van der Waals surface area contributed by atoms with Crippen molar-refractivity contribution in [3.63, 3.8) is 0 Å². The number of hydrogen-bond donors (Lipinski definition) is 1. The second-order valence-corrected chi connectivity index (χ2v) is 8.52. The van der Waals surface area contributed by atoms with Crippen molar-refractivity contribution < 1.29 is 8.42 Å². The number of hydrogen-bond acceptors (Lipinski definition) is 7. The maximum atomic E-state index is 11.1. The summed E-state index contributed by atoms with van der Waals surface area (Å²) in [7, 11) is -2.95. The maximum absolute atomic E-state index is 11.1. The van der Waals surface area contributed by atoms with Crippen molar-refractivity contribution in [1.29, 1.82) is 0 Å². The van der Waals surface area contributed by atoms with Crippen LogP contribution in [-0.2, 0) is 9.84 Å². The highest BCUT2D eigenvalue weighted by Crippen LogP contribution is 2.31. The number of anilines is 1. The van der Waals surface area contributed by atoms with E-state index >= 15 is 0 Å². The van der Waals surface area contributed by atoms with Gasteiger partial charge in [0, 0.05) is 22.3 Å². The van der Waals surface area contributed by atoms with Crippen molar-refractivity contribution in [3.8, 4) is 0 Å². The fourth-order valence-corrected chi connectivity index (χ4v) is 4.59. The molecule has 0 saturated carbocycles. The number of aryl methyl sites for hydroxylation is 1. The van der Waals surface area contributed by atoms with Gasteiger partial charge in [-0.15, -0.1) is 23.1 Å². The van der Waals surface area contributed by atoms with E-state index in [1.807, 2.05) is 13.0 Å². The molecule has 0 unspecified atom stereocenters. The van der Waals surface area contributed by atoms with Gasteiger partial charge in [0.25, 0.3) is 0 Å². The first kappa shape index (κ1) is 13.6. The molecule has 0 amide bonds. The van der Waals surface area contributed by atoms with Crippen LogP contribution >= 0.6 is 23.1 Å². The Kier molecular flexibility index (Phi) is 3.79. The van der Waals surface area contributed by atoms with Crippen LogP contribution in [0.2, 0.25) is 0 Å². The number of rotatable bonds is 4. The molecule has 2 rings (SSSR count). The van der Waals surface area contributed by atoms with Gasteiger partial charge in [-0.2, -0.15) is 0 Å². The Morgan fingerprint density at radius 1 is 1.44 bits per heavy atom. The second-order valence-electron chi connectivity index (χ2n) is 3.94. The van der Waals surface area contributed by atoms with E-state index in [4.69, 9.17) is 5.73 Å². The van der Waals surface area contributed by atoms with Gasteiger partial charge >= 0.3 is 0 Å². The first-order chi connectivity index (χ1) is 8.35. The molecule has 0 bridgehead atoms. The van der Waals surface area contributed by atoms with Crippen LogP contribution in [0.1, 0.15) is 4.88 Å². The van der Waals surface area contributed by atoms with E-state index in [-0.39, 0.29) is 11.7 Å². The maximum Gasteiger partial charge on any atom is 0.222 e. The number of thiophene rings is 1. The first-order valence-electron chi connectivity index (χ1n) is 5.19. The summed E-state index contributed by atoms with van der Waals surface area (Å²) in [6.45, 7) is 1.99.